The van der Waals surface area contributed by atoms with E-state index in [9.17, 15) is 4.79 Å². The SMILES string of the molecule is CCc1ccc(-n2c(CCc3ccccc3)nnc2SCC(=O)N2CCCCCC2)cc1. The van der Waals surface area contributed by atoms with Crippen molar-refractivity contribution in [2.24, 2.45) is 0 Å². The summed E-state index contributed by atoms with van der Waals surface area (Å²) in [7, 11) is 0. The number of aryl methyl sites for hydroxylation is 3. The number of aromatic nitrogens is 3. The lowest BCUT2D eigenvalue weighted by Gasteiger charge is -2.20. The van der Waals surface area contributed by atoms with Crippen LogP contribution in [-0.2, 0) is 24.1 Å². The number of amides is 1. The molecule has 0 bridgehead atoms. The molecule has 2 aromatic carbocycles. The minimum absolute atomic E-state index is 0.207. The van der Waals surface area contributed by atoms with E-state index in [1.165, 1.54) is 35.7 Å². The number of likely N-dealkylation sites (tertiary alicyclic amines) is 1. The van der Waals surface area contributed by atoms with Gasteiger partial charge in [-0.15, -0.1) is 10.2 Å². The highest BCUT2D eigenvalue weighted by atomic mass is 32.2. The highest BCUT2D eigenvalue weighted by molar-refractivity contribution is 7.99. The summed E-state index contributed by atoms with van der Waals surface area (Å²) in [5.41, 5.74) is 3.65. The first-order valence-electron chi connectivity index (χ1n) is 11.7. The monoisotopic (exact) mass is 448 g/mol. The summed E-state index contributed by atoms with van der Waals surface area (Å²) < 4.78 is 2.13. The van der Waals surface area contributed by atoms with Crippen LogP contribution in [0.1, 0.15) is 49.6 Å². The molecule has 2 heterocycles. The number of carbonyl (C=O) groups is 1. The molecule has 0 spiro atoms. The van der Waals surface area contributed by atoms with E-state index in [4.69, 9.17) is 0 Å². The Labute approximate surface area is 195 Å². The van der Waals surface area contributed by atoms with E-state index >= 15 is 0 Å². The maximum atomic E-state index is 12.8. The fraction of sp³-hybridized carbons (Fsp3) is 0.423. The van der Waals surface area contributed by atoms with Gasteiger partial charge in [-0.25, -0.2) is 0 Å². The van der Waals surface area contributed by atoms with Gasteiger partial charge in [0.05, 0.1) is 5.75 Å². The molecule has 0 N–H and O–H groups in total. The molecular formula is C26H32N4OS. The van der Waals surface area contributed by atoms with Crippen LogP contribution in [0.25, 0.3) is 5.69 Å². The third-order valence-electron chi connectivity index (χ3n) is 6.07. The Kier molecular flexibility index (Phi) is 7.99. The second-order valence-electron chi connectivity index (χ2n) is 8.32. The molecule has 1 aliphatic heterocycles. The highest BCUT2D eigenvalue weighted by Gasteiger charge is 2.19. The van der Waals surface area contributed by atoms with Gasteiger partial charge >= 0.3 is 0 Å². The van der Waals surface area contributed by atoms with E-state index in [1.54, 1.807) is 0 Å². The molecule has 1 aromatic heterocycles. The lowest BCUT2D eigenvalue weighted by molar-refractivity contribution is -0.128. The number of thioether (sulfide) groups is 1. The van der Waals surface area contributed by atoms with Gasteiger partial charge < -0.3 is 4.90 Å². The molecule has 1 aliphatic rings. The number of hydrogen-bond acceptors (Lipinski definition) is 4. The van der Waals surface area contributed by atoms with Crippen molar-refractivity contribution in [3.05, 3.63) is 71.5 Å². The molecule has 1 fully saturated rings. The smallest absolute Gasteiger partial charge is 0.233 e. The maximum Gasteiger partial charge on any atom is 0.233 e. The quantitative estimate of drug-likeness (QED) is 0.449. The van der Waals surface area contributed by atoms with Crippen molar-refractivity contribution >= 4 is 17.7 Å². The van der Waals surface area contributed by atoms with Crippen LogP contribution in [0, 0.1) is 0 Å². The van der Waals surface area contributed by atoms with Crippen molar-refractivity contribution in [1.29, 1.82) is 0 Å². The summed E-state index contributed by atoms with van der Waals surface area (Å²) in [6, 6.07) is 19.1. The van der Waals surface area contributed by atoms with Crippen molar-refractivity contribution in [1.82, 2.24) is 19.7 Å². The Morgan fingerprint density at radius 1 is 0.875 bits per heavy atom. The molecule has 1 saturated heterocycles. The Hall–Kier alpha value is -2.60. The number of hydrogen-bond donors (Lipinski definition) is 0. The van der Waals surface area contributed by atoms with Crippen LogP contribution >= 0.6 is 11.8 Å². The molecule has 0 saturated carbocycles. The van der Waals surface area contributed by atoms with Crippen LogP contribution in [0.5, 0.6) is 0 Å². The van der Waals surface area contributed by atoms with Gasteiger partial charge in [-0.3, -0.25) is 9.36 Å². The van der Waals surface area contributed by atoms with Gasteiger partial charge in [-0.2, -0.15) is 0 Å². The van der Waals surface area contributed by atoms with Crippen LogP contribution in [0.15, 0.2) is 59.8 Å². The Morgan fingerprint density at radius 3 is 2.28 bits per heavy atom. The fourth-order valence-electron chi connectivity index (χ4n) is 4.13. The van der Waals surface area contributed by atoms with Crippen molar-refractivity contribution in [2.45, 2.75) is 57.0 Å². The zero-order chi connectivity index (χ0) is 22.2. The molecule has 5 nitrogen and oxygen atoms in total. The Morgan fingerprint density at radius 2 is 1.59 bits per heavy atom. The summed E-state index contributed by atoms with van der Waals surface area (Å²) in [4.78, 5) is 14.8. The summed E-state index contributed by atoms with van der Waals surface area (Å²) in [5.74, 6) is 1.55. The van der Waals surface area contributed by atoms with E-state index < -0.39 is 0 Å². The van der Waals surface area contributed by atoms with Crippen molar-refractivity contribution in [3.8, 4) is 5.69 Å². The van der Waals surface area contributed by atoms with Crippen LogP contribution in [-0.4, -0.2) is 44.4 Å². The molecule has 168 valence electrons. The number of nitrogens with zero attached hydrogens (tertiary/aromatic N) is 4. The van der Waals surface area contributed by atoms with Gasteiger partial charge in [0.1, 0.15) is 5.82 Å². The first-order valence-corrected chi connectivity index (χ1v) is 12.7. The predicted octanol–water partition coefficient (Wildman–Crippen LogP) is 5.11. The molecule has 32 heavy (non-hydrogen) atoms. The normalized spacial score (nSPS) is 14.3. The summed E-state index contributed by atoms with van der Waals surface area (Å²) >= 11 is 1.50. The number of rotatable bonds is 8. The van der Waals surface area contributed by atoms with Crippen LogP contribution in [0.2, 0.25) is 0 Å². The van der Waals surface area contributed by atoms with Gasteiger partial charge in [-0.05, 0) is 48.9 Å². The van der Waals surface area contributed by atoms with Gasteiger partial charge in [0.15, 0.2) is 5.16 Å². The highest BCUT2D eigenvalue weighted by Crippen LogP contribution is 2.24. The van der Waals surface area contributed by atoms with E-state index in [-0.39, 0.29) is 5.91 Å². The fourth-order valence-corrected chi connectivity index (χ4v) is 5.01. The van der Waals surface area contributed by atoms with Crippen molar-refractivity contribution in [2.75, 3.05) is 18.8 Å². The molecule has 0 unspecified atom stereocenters. The van der Waals surface area contributed by atoms with Crippen molar-refractivity contribution < 1.29 is 4.79 Å². The molecule has 4 rings (SSSR count). The summed E-state index contributed by atoms with van der Waals surface area (Å²) in [5, 5.41) is 9.80. The standard InChI is InChI=1S/C26H32N4OS/c1-2-21-12-15-23(16-13-21)30-24(17-14-22-10-6-5-7-11-22)27-28-26(30)32-20-25(31)29-18-8-3-4-9-19-29/h5-7,10-13,15-16H,2-4,8-9,14,17-20H2,1H3. The van der Waals surface area contributed by atoms with E-state index in [2.05, 4.69) is 70.2 Å². The molecule has 0 aliphatic carbocycles. The largest absolute Gasteiger partial charge is 0.342 e. The third kappa shape index (κ3) is 5.80. The lowest BCUT2D eigenvalue weighted by Crippen LogP contribution is -2.33. The predicted molar refractivity (Wildman–Crippen MR) is 130 cm³/mol. The molecule has 6 heteroatoms. The summed E-state index contributed by atoms with van der Waals surface area (Å²) in [6.45, 7) is 3.93. The second-order valence-corrected chi connectivity index (χ2v) is 9.27. The lowest BCUT2D eigenvalue weighted by atomic mass is 10.1. The minimum Gasteiger partial charge on any atom is -0.342 e. The van der Waals surface area contributed by atoms with E-state index in [0.717, 1.165) is 61.9 Å². The molecule has 1 amide bonds. The van der Waals surface area contributed by atoms with Crippen molar-refractivity contribution in [3.63, 3.8) is 0 Å². The number of carbonyl (C=O) groups excluding carboxylic acids is 1. The zero-order valence-electron chi connectivity index (χ0n) is 18.9. The molecule has 0 radical (unpaired) electrons. The van der Waals surface area contributed by atoms with Crippen LogP contribution in [0.3, 0.4) is 0 Å². The number of benzene rings is 2. The maximum absolute atomic E-state index is 12.8. The first-order chi connectivity index (χ1) is 15.7. The van der Waals surface area contributed by atoms with Gasteiger partial charge in [0.2, 0.25) is 5.91 Å². The topological polar surface area (TPSA) is 51.0 Å². The van der Waals surface area contributed by atoms with Gasteiger partial charge in [-0.1, -0.05) is 74.0 Å². The van der Waals surface area contributed by atoms with Gasteiger partial charge in [0, 0.05) is 25.2 Å². The molecular weight excluding hydrogens is 416 g/mol. The third-order valence-corrected chi connectivity index (χ3v) is 6.98. The second kappa shape index (κ2) is 11.3. The van der Waals surface area contributed by atoms with E-state index in [1.807, 2.05) is 11.0 Å². The van der Waals surface area contributed by atoms with Crippen LogP contribution in [0.4, 0.5) is 0 Å². The average molecular weight is 449 g/mol. The summed E-state index contributed by atoms with van der Waals surface area (Å²) in [6.07, 6.45) is 7.39. The minimum atomic E-state index is 0.207. The average Bonchev–Trinajstić information content (AvgIpc) is 3.04. The Bertz CT molecular complexity index is 992. The van der Waals surface area contributed by atoms with Gasteiger partial charge in [0.25, 0.3) is 0 Å². The Balaban J connectivity index is 1.52. The zero-order valence-corrected chi connectivity index (χ0v) is 19.7. The van der Waals surface area contributed by atoms with E-state index in [0.29, 0.717) is 5.75 Å². The molecule has 3 aromatic rings. The van der Waals surface area contributed by atoms with Crippen LogP contribution < -0.4 is 0 Å². The first kappa shape index (κ1) is 22.6. The molecule has 0 atom stereocenters.